The molecule has 2 rings (SSSR count). The van der Waals surface area contributed by atoms with Gasteiger partial charge in [0.25, 0.3) is 0 Å². The number of amides is 2. The number of carboxylic acids is 1. The van der Waals surface area contributed by atoms with Gasteiger partial charge in [0.05, 0.1) is 6.42 Å². The number of hydrogen-bond donors (Lipinski definition) is 2. The number of carbonyl (C=O) groups excluding carboxylic acids is 1. The molecule has 5 nitrogen and oxygen atoms in total. The summed E-state index contributed by atoms with van der Waals surface area (Å²) in [6.07, 6.45) is 0.901. The van der Waals surface area contributed by atoms with Crippen molar-refractivity contribution in [2.75, 3.05) is 23.0 Å². The number of aliphatic carboxylic acids is 1. The molecule has 0 spiro atoms. The highest BCUT2D eigenvalue weighted by atomic mass is 32.2. The van der Waals surface area contributed by atoms with E-state index in [2.05, 4.69) is 5.32 Å². The summed E-state index contributed by atoms with van der Waals surface area (Å²) >= 11 is 1.83. The minimum absolute atomic E-state index is 0.0683. The molecule has 21 heavy (non-hydrogen) atoms. The Morgan fingerprint density at radius 3 is 2.81 bits per heavy atom. The number of anilines is 1. The van der Waals surface area contributed by atoms with Gasteiger partial charge >= 0.3 is 12.0 Å². The fraction of sp³-hybridized carbons (Fsp3) is 0.467. The molecule has 1 aromatic rings. The van der Waals surface area contributed by atoms with Crippen LogP contribution in [0.4, 0.5) is 10.5 Å². The molecule has 0 aliphatic carbocycles. The van der Waals surface area contributed by atoms with E-state index >= 15 is 0 Å². The maximum absolute atomic E-state index is 12.5. The lowest BCUT2D eigenvalue weighted by molar-refractivity contribution is -0.136. The van der Waals surface area contributed by atoms with Crippen LogP contribution in [0.5, 0.6) is 0 Å². The highest BCUT2D eigenvalue weighted by Crippen LogP contribution is 2.21. The number of thioether (sulfide) groups is 1. The van der Waals surface area contributed by atoms with Crippen molar-refractivity contribution in [1.82, 2.24) is 5.32 Å². The molecule has 1 aromatic carbocycles. The van der Waals surface area contributed by atoms with Crippen LogP contribution in [-0.2, 0) is 4.79 Å². The maximum atomic E-state index is 12.5. The smallest absolute Gasteiger partial charge is 0.322 e. The summed E-state index contributed by atoms with van der Waals surface area (Å²) < 4.78 is 0. The van der Waals surface area contributed by atoms with E-state index < -0.39 is 5.97 Å². The normalized spacial score (nSPS) is 17.5. The first-order chi connectivity index (χ1) is 10.1. The molecule has 1 heterocycles. The third kappa shape index (κ3) is 4.39. The van der Waals surface area contributed by atoms with Crippen molar-refractivity contribution < 1.29 is 14.7 Å². The standard InChI is InChI=1S/C15H20N2O3S/c1-11-4-2-3-5-13(11)17(8-6-14(18)19)15(20)16-12-7-9-21-10-12/h2-5,12H,6-10H2,1H3,(H,16,20)(H,18,19). The molecular weight excluding hydrogens is 288 g/mol. The van der Waals surface area contributed by atoms with E-state index in [0.717, 1.165) is 29.2 Å². The average molecular weight is 308 g/mol. The molecular formula is C15H20N2O3S. The first-order valence-electron chi connectivity index (χ1n) is 7.01. The number of urea groups is 1. The van der Waals surface area contributed by atoms with Gasteiger partial charge < -0.3 is 10.4 Å². The van der Waals surface area contributed by atoms with Crippen molar-refractivity contribution in [3.05, 3.63) is 29.8 Å². The lowest BCUT2D eigenvalue weighted by Gasteiger charge is -2.26. The summed E-state index contributed by atoms with van der Waals surface area (Å²) in [4.78, 5) is 24.8. The second-order valence-corrected chi connectivity index (χ2v) is 6.24. The molecule has 2 N–H and O–H groups in total. The second kappa shape index (κ2) is 7.36. The highest BCUT2D eigenvalue weighted by molar-refractivity contribution is 7.99. The monoisotopic (exact) mass is 308 g/mol. The molecule has 0 radical (unpaired) electrons. The van der Waals surface area contributed by atoms with Crippen molar-refractivity contribution in [3.8, 4) is 0 Å². The van der Waals surface area contributed by atoms with Crippen LogP contribution in [0.15, 0.2) is 24.3 Å². The number of carbonyl (C=O) groups is 2. The van der Waals surface area contributed by atoms with Crippen molar-refractivity contribution in [2.24, 2.45) is 0 Å². The number of benzene rings is 1. The van der Waals surface area contributed by atoms with Crippen LogP contribution in [0.2, 0.25) is 0 Å². The number of nitrogens with zero attached hydrogens (tertiary/aromatic N) is 1. The van der Waals surface area contributed by atoms with Crippen LogP contribution >= 0.6 is 11.8 Å². The molecule has 0 aromatic heterocycles. The summed E-state index contributed by atoms with van der Waals surface area (Å²) in [7, 11) is 0. The molecule has 1 atom stereocenters. The summed E-state index contributed by atoms with van der Waals surface area (Å²) in [6, 6.07) is 7.49. The molecule has 1 unspecified atom stereocenters. The fourth-order valence-corrected chi connectivity index (χ4v) is 3.46. The molecule has 2 amide bonds. The minimum Gasteiger partial charge on any atom is -0.481 e. The van der Waals surface area contributed by atoms with Gasteiger partial charge in [-0.1, -0.05) is 18.2 Å². The topological polar surface area (TPSA) is 69.6 Å². The molecule has 1 aliphatic rings. The van der Waals surface area contributed by atoms with Crippen molar-refractivity contribution >= 4 is 29.4 Å². The van der Waals surface area contributed by atoms with Gasteiger partial charge in [-0.15, -0.1) is 0 Å². The van der Waals surface area contributed by atoms with E-state index in [4.69, 9.17) is 5.11 Å². The zero-order valence-electron chi connectivity index (χ0n) is 12.0. The van der Waals surface area contributed by atoms with Crippen LogP contribution in [0, 0.1) is 6.92 Å². The first kappa shape index (κ1) is 15.7. The zero-order valence-corrected chi connectivity index (χ0v) is 12.9. The van der Waals surface area contributed by atoms with Crippen molar-refractivity contribution in [2.45, 2.75) is 25.8 Å². The largest absolute Gasteiger partial charge is 0.481 e. The summed E-state index contributed by atoms with van der Waals surface area (Å²) in [5.74, 6) is 1.08. The van der Waals surface area contributed by atoms with Gasteiger partial charge in [-0.2, -0.15) is 11.8 Å². The van der Waals surface area contributed by atoms with E-state index in [9.17, 15) is 9.59 Å². The molecule has 0 bridgehead atoms. The SMILES string of the molecule is Cc1ccccc1N(CCC(=O)O)C(=O)NC1CCSC1. The molecule has 0 saturated carbocycles. The second-order valence-electron chi connectivity index (χ2n) is 5.09. The quantitative estimate of drug-likeness (QED) is 0.877. The third-order valence-electron chi connectivity index (χ3n) is 3.46. The van der Waals surface area contributed by atoms with E-state index in [0.29, 0.717) is 0 Å². The Labute approximate surface area is 128 Å². The molecule has 1 aliphatic heterocycles. The average Bonchev–Trinajstić information content (AvgIpc) is 2.93. The predicted octanol–water partition coefficient (Wildman–Crippen LogP) is 2.49. The van der Waals surface area contributed by atoms with Gasteiger partial charge in [-0.25, -0.2) is 4.79 Å². The van der Waals surface area contributed by atoms with Gasteiger partial charge in [0, 0.05) is 24.0 Å². The Morgan fingerprint density at radius 1 is 1.43 bits per heavy atom. The van der Waals surface area contributed by atoms with Gasteiger partial charge in [-0.3, -0.25) is 9.69 Å². The zero-order chi connectivity index (χ0) is 15.2. The summed E-state index contributed by atoms with van der Waals surface area (Å²) in [5, 5.41) is 11.9. The lowest BCUT2D eigenvalue weighted by atomic mass is 10.1. The molecule has 1 fully saturated rings. The number of carboxylic acid groups (broad SMARTS) is 1. The Balaban J connectivity index is 2.12. The van der Waals surface area contributed by atoms with E-state index in [-0.39, 0.29) is 25.0 Å². The van der Waals surface area contributed by atoms with Crippen LogP contribution in [-0.4, -0.2) is 41.2 Å². The Kier molecular flexibility index (Phi) is 5.50. The van der Waals surface area contributed by atoms with E-state index in [1.54, 1.807) is 0 Å². The van der Waals surface area contributed by atoms with E-state index in [1.165, 1.54) is 4.90 Å². The van der Waals surface area contributed by atoms with Crippen molar-refractivity contribution in [3.63, 3.8) is 0 Å². The number of aryl methyl sites for hydroxylation is 1. The van der Waals surface area contributed by atoms with Gasteiger partial charge in [0.1, 0.15) is 0 Å². The number of para-hydroxylation sites is 1. The van der Waals surface area contributed by atoms with E-state index in [1.807, 2.05) is 43.0 Å². The number of rotatable bonds is 5. The third-order valence-corrected chi connectivity index (χ3v) is 4.62. The van der Waals surface area contributed by atoms with Gasteiger partial charge in [0.15, 0.2) is 0 Å². The highest BCUT2D eigenvalue weighted by Gasteiger charge is 2.23. The van der Waals surface area contributed by atoms with Crippen LogP contribution in [0.1, 0.15) is 18.4 Å². The number of hydrogen-bond acceptors (Lipinski definition) is 3. The number of nitrogens with one attached hydrogen (secondary N) is 1. The van der Waals surface area contributed by atoms with Gasteiger partial charge in [-0.05, 0) is 30.7 Å². The Hall–Kier alpha value is -1.69. The molecule has 114 valence electrons. The lowest BCUT2D eigenvalue weighted by Crippen LogP contribution is -2.46. The summed E-state index contributed by atoms with van der Waals surface area (Å²) in [5.41, 5.74) is 1.72. The Morgan fingerprint density at radius 2 is 2.19 bits per heavy atom. The van der Waals surface area contributed by atoms with Crippen LogP contribution < -0.4 is 10.2 Å². The Bertz CT molecular complexity index is 515. The summed E-state index contributed by atoms with van der Waals surface area (Å²) in [6.45, 7) is 2.09. The molecule has 1 saturated heterocycles. The van der Waals surface area contributed by atoms with Crippen molar-refractivity contribution in [1.29, 1.82) is 0 Å². The maximum Gasteiger partial charge on any atom is 0.322 e. The molecule has 6 heteroatoms. The first-order valence-corrected chi connectivity index (χ1v) is 8.16. The minimum atomic E-state index is -0.905. The van der Waals surface area contributed by atoms with Crippen LogP contribution in [0.3, 0.4) is 0 Å². The van der Waals surface area contributed by atoms with Gasteiger partial charge in [0.2, 0.25) is 0 Å². The fourth-order valence-electron chi connectivity index (χ4n) is 2.31. The van der Waals surface area contributed by atoms with Crippen LogP contribution in [0.25, 0.3) is 0 Å². The predicted molar refractivity (Wildman–Crippen MR) is 85.0 cm³/mol.